The van der Waals surface area contributed by atoms with Crippen LogP contribution < -0.4 is 20.4 Å². The summed E-state index contributed by atoms with van der Waals surface area (Å²) in [5, 5.41) is 69.3. The molecule has 12 heteroatoms. The molecule has 0 aliphatic heterocycles. The van der Waals surface area contributed by atoms with E-state index in [0.29, 0.717) is 0 Å². The van der Waals surface area contributed by atoms with Crippen molar-refractivity contribution in [3.63, 3.8) is 0 Å². The molecule has 90 valence electrons. The summed E-state index contributed by atoms with van der Waals surface area (Å²) in [6.07, 6.45) is -4.67. The average molecular weight is 222 g/mol. The van der Waals surface area contributed by atoms with Crippen molar-refractivity contribution in [3.05, 3.63) is 0 Å². The Morgan fingerprint density at radius 2 is 0.571 bits per heavy atom. The van der Waals surface area contributed by atoms with Gasteiger partial charge in [-0.15, -0.1) is 0 Å². The van der Waals surface area contributed by atoms with E-state index < -0.39 is 12.3 Å². The van der Waals surface area contributed by atoms with Gasteiger partial charge in [0.1, 0.15) is 0 Å². The minimum atomic E-state index is -2.33. The van der Waals surface area contributed by atoms with Crippen LogP contribution in [0.15, 0.2) is 0 Å². The summed E-state index contributed by atoms with van der Waals surface area (Å²) < 4.78 is 0. The summed E-state index contributed by atoms with van der Waals surface area (Å²) >= 11 is 0. The predicted molar refractivity (Wildman–Crippen MR) is 26.6 cm³/mol. The lowest BCUT2D eigenvalue weighted by molar-refractivity contribution is -0.417. The van der Waals surface area contributed by atoms with Gasteiger partial charge in [-0.3, -0.25) is 31.5 Å². The second kappa shape index (κ2) is 64.8. The number of carboxylic acid groups (broad SMARTS) is 4. The Morgan fingerprint density at radius 1 is 0.571 bits per heavy atom. The van der Waals surface area contributed by atoms with Crippen LogP contribution in [0.3, 0.4) is 0 Å². The molecule has 0 aliphatic rings. The Bertz CT molecular complexity index is 66.3. The summed E-state index contributed by atoms with van der Waals surface area (Å²) in [4.78, 5) is 16.7. The molecular weight excluding hydrogens is 216 g/mol. The molecule has 0 amide bonds. The van der Waals surface area contributed by atoms with Crippen molar-refractivity contribution in [3.8, 4) is 0 Å². The minimum absolute atomic E-state index is 2.33. The molecule has 0 aromatic carbocycles. The van der Waals surface area contributed by atoms with Crippen LogP contribution in [0.5, 0.6) is 0 Å². The molecular formula is C2H6O12-4. The summed E-state index contributed by atoms with van der Waals surface area (Å²) in [5.41, 5.74) is 0. The molecule has 0 rings (SSSR count). The van der Waals surface area contributed by atoms with Crippen molar-refractivity contribution >= 4 is 12.3 Å². The monoisotopic (exact) mass is 222 g/mol. The Kier molecular flexibility index (Phi) is 136. The van der Waals surface area contributed by atoms with Crippen LogP contribution in [-0.2, 0) is 0 Å². The van der Waals surface area contributed by atoms with Gasteiger partial charge in [0, 0.05) is 0 Å². The quantitative estimate of drug-likeness (QED) is 0.166. The first-order valence-corrected chi connectivity index (χ1v) is 1.82. The normalized spacial score (nSPS) is 4.71. The van der Waals surface area contributed by atoms with Crippen LogP contribution in [0.4, 0.5) is 9.59 Å². The van der Waals surface area contributed by atoms with Gasteiger partial charge in [0.15, 0.2) is 0 Å². The molecule has 14 heavy (non-hydrogen) atoms. The second-order valence-corrected chi connectivity index (χ2v) is 0.500. The molecule has 0 aromatic heterocycles. The van der Waals surface area contributed by atoms with E-state index in [1.807, 2.05) is 0 Å². The first-order valence-electron chi connectivity index (χ1n) is 1.82. The van der Waals surface area contributed by atoms with Crippen molar-refractivity contribution in [1.82, 2.24) is 0 Å². The summed E-state index contributed by atoms with van der Waals surface area (Å²) in [5.74, 6) is 0. The fraction of sp³-hybridized carbons (Fsp3) is 0. The van der Waals surface area contributed by atoms with E-state index in [0.717, 1.165) is 0 Å². The molecule has 0 bridgehead atoms. The Labute approximate surface area is 75.2 Å². The minimum Gasteiger partial charge on any atom is -0.652 e. The molecule has 0 atom stereocenters. The Hall–Kier alpha value is -1.70. The van der Waals surface area contributed by atoms with Crippen molar-refractivity contribution in [2.24, 2.45) is 0 Å². The maximum Gasteiger partial charge on any atom is -0.0431 e. The van der Waals surface area contributed by atoms with E-state index >= 15 is 0 Å². The van der Waals surface area contributed by atoms with E-state index in [-0.39, 0.29) is 0 Å². The third-order valence-corrected chi connectivity index (χ3v) is 0. The Morgan fingerprint density at radius 3 is 0.571 bits per heavy atom. The van der Waals surface area contributed by atoms with Crippen LogP contribution >= 0.6 is 0 Å². The zero-order chi connectivity index (χ0) is 13.2. The number of rotatable bonds is 0. The summed E-state index contributed by atoms with van der Waals surface area (Å²) in [7, 11) is 0. The maximum atomic E-state index is 8.33. The molecule has 6 N–H and O–H groups in total. The highest BCUT2D eigenvalue weighted by molar-refractivity contribution is 5.47. The number of carbonyl (C=O) groups is 2. The lowest BCUT2D eigenvalue weighted by atomic mass is 11.5. The molecule has 0 heterocycles. The van der Waals surface area contributed by atoms with Gasteiger partial charge >= 0.3 is 0 Å². The van der Waals surface area contributed by atoms with Crippen LogP contribution in [0.2, 0.25) is 0 Å². The standard InChI is InChI=1S/2CH2O3.3H2O2/c2*2-1(3)4;3*1-2/h2*(H2,2,3,4);3*1-2H/p-4. The highest BCUT2D eigenvalue weighted by Gasteiger charge is 1.27. The van der Waals surface area contributed by atoms with Crippen molar-refractivity contribution in [2.45, 2.75) is 0 Å². The largest absolute Gasteiger partial charge is 0.652 e. The van der Waals surface area contributed by atoms with Gasteiger partial charge in [-0.25, -0.2) is 0 Å². The van der Waals surface area contributed by atoms with Gasteiger partial charge in [-0.1, -0.05) is 0 Å². The third kappa shape index (κ3) is 308. The molecule has 0 radical (unpaired) electrons. The van der Waals surface area contributed by atoms with Crippen LogP contribution in [0.25, 0.3) is 0 Å². The molecule has 0 unspecified atom stereocenters. The second-order valence-electron chi connectivity index (χ2n) is 0.500. The van der Waals surface area contributed by atoms with Crippen molar-refractivity contribution < 1.29 is 61.6 Å². The highest BCUT2D eigenvalue weighted by atomic mass is 17.0. The van der Waals surface area contributed by atoms with Crippen LogP contribution in [0, 0.1) is 0 Å². The number of carbonyl (C=O) groups excluding carboxylic acids is 2. The van der Waals surface area contributed by atoms with E-state index in [9.17, 15) is 0 Å². The third-order valence-electron chi connectivity index (χ3n) is 0. The lowest BCUT2D eigenvalue weighted by Gasteiger charge is -1.96. The molecule has 0 saturated heterocycles. The first-order chi connectivity index (χ1) is 6.46. The average Bonchev–Trinajstić information content (AvgIpc) is 2.12. The fourth-order valence-electron chi connectivity index (χ4n) is 0. The number of hydrogen-bond donors (Lipinski definition) is 6. The topological polar surface area (TPSA) is 248 Å². The van der Waals surface area contributed by atoms with E-state index in [1.165, 1.54) is 0 Å². The summed E-state index contributed by atoms with van der Waals surface area (Å²) in [6.45, 7) is 0. The lowest BCUT2D eigenvalue weighted by Crippen LogP contribution is -2.37. The molecule has 0 aromatic rings. The number of hydrogen-bond acceptors (Lipinski definition) is 12. The maximum absolute atomic E-state index is 8.33. The Balaban J connectivity index is -0.0000000255. The van der Waals surface area contributed by atoms with Crippen molar-refractivity contribution in [1.29, 1.82) is 0 Å². The van der Waals surface area contributed by atoms with E-state index in [4.69, 9.17) is 61.6 Å². The van der Waals surface area contributed by atoms with Crippen LogP contribution in [0.1, 0.15) is 0 Å². The highest BCUT2D eigenvalue weighted by Crippen LogP contribution is 1.21. The summed E-state index contributed by atoms with van der Waals surface area (Å²) in [6, 6.07) is 0. The molecule has 0 aliphatic carbocycles. The van der Waals surface area contributed by atoms with Gasteiger partial charge < -0.3 is 30.0 Å². The molecule has 0 fully saturated rings. The smallest absolute Gasteiger partial charge is 0.0431 e. The van der Waals surface area contributed by atoms with Gasteiger partial charge in [0.25, 0.3) is 0 Å². The molecule has 0 saturated carbocycles. The van der Waals surface area contributed by atoms with E-state index in [1.54, 1.807) is 0 Å². The van der Waals surface area contributed by atoms with Gasteiger partial charge in [0.2, 0.25) is 0 Å². The predicted octanol–water partition coefficient (Wildman–Crippen LogP) is -4.84. The molecule has 0 spiro atoms. The molecule has 12 nitrogen and oxygen atoms in total. The van der Waals surface area contributed by atoms with Gasteiger partial charge in [-0.2, -0.15) is 0 Å². The first kappa shape index (κ1) is 29.5. The SMILES string of the molecule is O=C([O-])[O-].O=C([O-])[O-].OO.OO.OO. The van der Waals surface area contributed by atoms with Gasteiger partial charge in [0.05, 0.1) is 0 Å². The van der Waals surface area contributed by atoms with Crippen LogP contribution in [-0.4, -0.2) is 43.9 Å². The zero-order valence-corrected chi connectivity index (χ0v) is 6.13. The van der Waals surface area contributed by atoms with Crippen molar-refractivity contribution in [2.75, 3.05) is 0 Å². The van der Waals surface area contributed by atoms with Gasteiger partial charge in [-0.05, 0) is 12.3 Å². The zero-order valence-electron chi connectivity index (χ0n) is 6.13. The fourth-order valence-corrected chi connectivity index (χ4v) is 0. The van der Waals surface area contributed by atoms with E-state index in [2.05, 4.69) is 0 Å².